The lowest BCUT2D eigenvalue weighted by molar-refractivity contribution is 0.515. The summed E-state index contributed by atoms with van der Waals surface area (Å²) in [5, 5.41) is 0. The highest BCUT2D eigenvalue weighted by Gasteiger charge is 2.31. The molecule has 10 heavy (non-hydrogen) atoms. The quantitative estimate of drug-likeness (QED) is 0.480. The van der Waals surface area contributed by atoms with E-state index >= 15 is 0 Å². The Hall–Kier alpha value is -1.24. The van der Waals surface area contributed by atoms with Crippen LogP contribution in [0, 0.1) is 0 Å². The van der Waals surface area contributed by atoms with Crippen LogP contribution >= 0.6 is 0 Å². The van der Waals surface area contributed by atoms with E-state index < -0.39 is 0 Å². The molecule has 1 aliphatic carbocycles. The normalized spacial score (nSPS) is 25.8. The fourth-order valence-electron chi connectivity index (χ4n) is 1.77. The second kappa shape index (κ2) is 1.26. The number of hydrogen-bond acceptors (Lipinski definition) is 1. The van der Waals surface area contributed by atoms with Crippen LogP contribution in [-0.2, 0) is 0 Å². The number of rotatable bonds is 0. The van der Waals surface area contributed by atoms with Gasteiger partial charge in [-0.15, -0.1) is 0 Å². The van der Waals surface area contributed by atoms with E-state index in [0.717, 1.165) is 0 Å². The Bertz CT molecular complexity index is 275. The van der Waals surface area contributed by atoms with Crippen LogP contribution < -0.4 is 0 Å². The highest BCUT2D eigenvalue weighted by atomic mass is 15.2. The van der Waals surface area contributed by atoms with E-state index in [1.165, 1.54) is 11.1 Å². The molecule has 0 aromatic heterocycles. The lowest BCUT2D eigenvalue weighted by atomic mass is 10.1. The molecule has 0 aromatic carbocycles. The Labute approximate surface area is 59.6 Å². The molecule has 0 amide bonds. The van der Waals surface area contributed by atoms with Gasteiger partial charge in [0.15, 0.2) is 0 Å². The summed E-state index contributed by atoms with van der Waals surface area (Å²) < 4.78 is 0. The lowest BCUT2D eigenvalue weighted by Crippen LogP contribution is -2.17. The topological polar surface area (TPSA) is 3.24 Å². The second-order valence-corrected chi connectivity index (χ2v) is 2.81. The molecule has 3 aliphatic rings. The van der Waals surface area contributed by atoms with E-state index in [-0.39, 0.29) is 0 Å². The maximum Gasteiger partial charge on any atom is 0.0834 e. The van der Waals surface area contributed by atoms with E-state index in [0.29, 0.717) is 6.04 Å². The predicted molar refractivity (Wildman–Crippen MR) is 40.1 cm³/mol. The van der Waals surface area contributed by atoms with Crippen LogP contribution in [0.25, 0.3) is 0 Å². The lowest BCUT2D eigenvalue weighted by Gasteiger charge is -2.13. The predicted octanol–water partition coefficient (Wildman–Crippen LogP) is 1.58. The standard InChI is InChI=1S/C9H7N/c1-2-8-4-6-10-5-3-7(1)9(8)10/h1-6,9H. The molecule has 0 unspecified atom stereocenters. The summed E-state index contributed by atoms with van der Waals surface area (Å²) in [7, 11) is 0. The van der Waals surface area contributed by atoms with Crippen molar-refractivity contribution in [1.82, 2.24) is 4.90 Å². The first-order chi connectivity index (χ1) is 4.95. The van der Waals surface area contributed by atoms with Crippen molar-refractivity contribution in [3.8, 4) is 0 Å². The van der Waals surface area contributed by atoms with Crippen LogP contribution in [0.3, 0.4) is 0 Å². The van der Waals surface area contributed by atoms with Gasteiger partial charge in [-0.05, 0) is 23.3 Å². The average Bonchev–Trinajstić information content (AvgIpc) is 2.56. The summed E-state index contributed by atoms with van der Waals surface area (Å²) in [6.45, 7) is 0. The molecule has 0 N–H and O–H groups in total. The Morgan fingerprint density at radius 3 is 2.20 bits per heavy atom. The van der Waals surface area contributed by atoms with Gasteiger partial charge >= 0.3 is 0 Å². The Kier molecular flexibility index (Phi) is 0.575. The van der Waals surface area contributed by atoms with E-state index in [1.54, 1.807) is 0 Å². The van der Waals surface area contributed by atoms with Crippen LogP contribution in [-0.4, -0.2) is 10.9 Å². The third-order valence-electron chi connectivity index (χ3n) is 2.28. The maximum atomic E-state index is 2.24. The summed E-state index contributed by atoms with van der Waals surface area (Å²) in [6.07, 6.45) is 13.0. The van der Waals surface area contributed by atoms with E-state index in [4.69, 9.17) is 0 Å². The number of nitrogens with zero attached hydrogens (tertiary/aromatic N) is 1. The molecule has 48 valence electrons. The van der Waals surface area contributed by atoms with Gasteiger partial charge in [0.25, 0.3) is 0 Å². The van der Waals surface area contributed by atoms with Gasteiger partial charge in [-0.3, -0.25) is 0 Å². The van der Waals surface area contributed by atoms with Crippen LogP contribution in [0.1, 0.15) is 0 Å². The first-order valence-corrected chi connectivity index (χ1v) is 3.51. The molecule has 0 atom stereocenters. The molecule has 1 nitrogen and oxygen atoms in total. The minimum absolute atomic E-state index is 0.556. The maximum absolute atomic E-state index is 2.24. The van der Waals surface area contributed by atoms with Crippen molar-refractivity contribution in [2.75, 3.05) is 0 Å². The van der Waals surface area contributed by atoms with Gasteiger partial charge in [0, 0.05) is 12.4 Å². The molecule has 3 rings (SSSR count). The van der Waals surface area contributed by atoms with Gasteiger partial charge in [-0.1, -0.05) is 12.2 Å². The minimum atomic E-state index is 0.556. The number of allylic oxidation sites excluding steroid dienone is 2. The van der Waals surface area contributed by atoms with Crippen molar-refractivity contribution in [1.29, 1.82) is 0 Å². The summed E-state index contributed by atoms with van der Waals surface area (Å²) in [4.78, 5) is 2.24. The summed E-state index contributed by atoms with van der Waals surface area (Å²) in [6, 6.07) is 0.556. The van der Waals surface area contributed by atoms with E-state index in [1.807, 2.05) is 0 Å². The van der Waals surface area contributed by atoms with Gasteiger partial charge in [0.1, 0.15) is 0 Å². The smallest absolute Gasteiger partial charge is 0.0834 e. The first kappa shape index (κ1) is 4.56. The Balaban J connectivity index is 2.26. The van der Waals surface area contributed by atoms with Crippen molar-refractivity contribution in [2.45, 2.75) is 6.04 Å². The van der Waals surface area contributed by atoms with Crippen molar-refractivity contribution in [3.63, 3.8) is 0 Å². The fourth-order valence-corrected chi connectivity index (χ4v) is 1.77. The molecule has 0 bridgehead atoms. The molecular formula is C9H7N. The van der Waals surface area contributed by atoms with Gasteiger partial charge in [-0.25, -0.2) is 0 Å². The van der Waals surface area contributed by atoms with Crippen molar-refractivity contribution < 1.29 is 0 Å². The number of hydrogen-bond donors (Lipinski definition) is 0. The second-order valence-electron chi connectivity index (χ2n) is 2.81. The molecule has 0 saturated heterocycles. The highest BCUT2D eigenvalue weighted by molar-refractivity contribution is 5.55. The van der Waals surface area contributed by atoms with Gasteiger partial charge in [0.2, 0.25) is 0 Å². The van der Waals surface area contributed by atoms with Crippen molar-refractivity contribution in [3.05, 3.63) is 47.9 Å². The monoisotopic (exact) mass is 129 g/mol. The molecule has 0 saturated carbocycles. The summed E-state index contributed by atoms with van der Waals surface area (Å²) in [5.74, 6) is 0. The van der Waals surface area contributed by atoms with Crippen LogP contribution in [0.2, 0.25) is 0 Å². The summed E-state index contributed by atoms with van der Waals surface area (Å²) in [5.41, 5.74) is 2.86. The zero-order valence-corrected chi connectivity index (χ0v) is 5.49. The Morgan fingerprint density at radius 1 is 1.00 bits per heavy atom. The molecular weight excluding hydrogens is 122 g/mol. The van der Waals surface area contributed by atoms with Crippen LogP contribution in [0.5, 0.6) is 0 Å². The van der Waals surface area contributed by atoms with Crippen LogP contribution in [0.15, 0.2) is 47.9 Å². The first-order valence-electron chi connectivity index (χ1n) is 3.51. The van der Waals surface area contributed by atoms with Gasteiger partial charge in [-0.2, -0.15) is 0 Å². The largest absolute Gasteiger partial charge is 0.343 e. The Morgan fingerprint density at radius 2 is 1.60 bits per heavy atom. The molecule has 0 spiro atoms. The van der Waals surface area contributed by atoms with E-state index in [2.05, 4.69) is 41.6 Å². The zero-order chi connectivity index (χ0) is 6.55. The minimum Gasteiger partial charge on any atom is -0.343 e. The van der Waals surface area contributed by atoms with E-state index in [9.17, 15) is 0 Å². The molecule has 0 radical (unpaired) electrons. The molecule has 2 aliphatic heterocycles. The van der Waals surface area contributed by atoms with Crippen molar-refractivity contribution >= 4 is 0 Å². The molecule has 1 heteroatoms. The summed E-state index contributed by atoms with van der Waals surface area (Å²) >= 11 is 0. The third kappa shape index (κ3) is 0.338. The highest BCUT2D eigenvalue weighted by Crippen LogP contribution is 2.36. The fraction of sp³-hybridized carbons (Fsp3) is 0.111. The zero-order valence-electron chi connectivity index (χ0n) is 5.49. The van der Waals surface area contributed by atoms with Gasteiger partial charge in [0.05, 0.1) is 6.04 Å². The molecule has 0 aromatic rings. The molecule has 2 heterocycles. The van der Waals surface area contributed by atoms with Crippen molar-refractivity contribution in [2.24, 2.45) is 0 Å². The van der Waals surface area contributed by atoms with Gasteiger partial charge < -0.3 is 4.90 Å². The SMILES string of the molecule is C1=CN2C=CC3=CC=C1C32. The molecule has 0 fully saturated rings. The third-order valence-corrected chi connectivity index (χ3v) is 2.28. The average molecular weight is 129 g/mol. The van der Waals surface area contributed by atoms with Crippen LogP contribution in [0.4, 0.5) is 0 Å².